The Kier molecular flexibility index (Phi) is 3.63. The van der Waals surface area contributed by atoms with E-state index in [0.29, 0.717) is 0 Å². The molecule has 4 aromatic rings. The van der Waals surface area contributed by atoms with Crippen molar-refractivity contribution < 1.29 is 14.9 Å². The molecule has 0 saturated heterocycles. The van der Waals surface area contributed by atoms with E-state index < -0.39 is 5.60 Å². The maximum Gasteiger partial charge on any atom is 0.178 e. The number of hydrogen-bond acceptors (Lipinski definition) is 3. The van der Waals surface area contributed by atoms with Gasteiger partial charge < -0.3 is 14.9 Å². The Morgan fingerprint density at radius 2 is 1.25 bits per heavy atom. The number of phenols is 2. The normalized spacial score (nSPS) is 14.4. The summed E-state index contributed by atoms with van der Waals surface area (Å²) in [4.78, 5) is 0. The van der Waals surface area contributed by atoms with E-state index in [0.717, 1.165) is 33.2 Å². The summed E-state index contributed by atoms with van der Waals surface area (Å²) in [5.41, 5.74) is 1.99. The summed E-state index contributed by atoms with van der Waals surface area (Å²) < 4.78 is 6.63. The van der Waals surface area contributed by atoms with E-state index in [2.05, 4.69) is 24.3 Å². The summed E-state index contributed by atoms with van der Waals surface area (Å²) in [5, 5.41) is 21.8. The van der Waals surface area contributed by atoms with E-state index >= 15 is 0 Å². The number of phenolic OH excluding ortho intramolecular Hbond substituents is 2. The van der Waals surface area contributed by atoms with Gasteiger partial charge in [-0.25, -0.2) is 0 Å². The molecule has 0 fully saturated rings. The van der Waals surface area contributed by atoms with Crippen molar-refractivity contribution in [1.29, 1.82) is 0 Å². The molecule has 0 aliphatic carbocycles. The van der Waals surface area contributed by atoms with Crippen LogP contribution in [0.2, 0.25) is 0 Å². The van der Waals surface area contributed by atoms with Gasteiger partial charge in [0.15, 0.2) is 5.60 Å². The van der Waals surface area contributed by atoms with Gasteiger partial charge in [0.05, 0.1) is 0 Å². The van der Waals surface area contributed by atoms with Crippen LogP contribution in [0.4, 0.5) is 0 Å². The van der Waals surface area contributed by atoms with Gasteiger partial charge >= 0.3 is 0 Å². The molecule has 0 amide bonds. The summed E-state index contributed by atoms with van der Waals surface area (Å²) in [6, 6.07) is 26.4. The van der Waals surface area contributed by atoms with Crippen LogP contribution < -0.4 is 4.74 Å². The van der Waals surface area contributed by atoms with E-state index in [1.165, 1.54) is 0 Å². The molecule has 0 spiro atoms. The van der Waals surface area contributed by atoms with Crippen LogP contribution in [-0.2, 0) is 5.60 Å². The smallest absolute Gasteiger partial charge is 0.178 e. The van der Waals surface area contributed by atoms with Crippen LogP contribution in [0.3, 0.4) is 0 Å². The molecule has 0 saturated carbocycles. The summed E-state index contributed by atoms with van der Waals surface area (Å²) in [7, 11) is 0. The standard InChI is InChI=1S/C25H18O3/c26-20-10-6-18(7-11-20)25(19-8-12-21(27)13-9-19)16-15-23-22-4-2-1-3-17(22)5-14-24(23)28-25/h1-16,26-27H. The second kappa shape index (κ2) is 6.17. The lowest BCUT2D eigenvalue weighted by Gasteiger charge is -2.36. The van der Waals surface area contributed by atoms with Gasteiger partial charge in [-0.05, 0) is 53.3 Å². The highest BCUT2D eigenvalue weighted by atomic mass is 16.5. The van der Waals surface area contributed by atoms with E-state index in [1.807, 2.05) is 48.5 Å². The lowest BCUT2D eigenvalue weighted by atomic mass is 9.83. The highest BCUT2D eigenvalue weighted by Crippen LogP contribution is 2.44. The Hall–Kier alpha value is -3.72. The maximum absolute atomic E-state index is 9.73. The zero-order valence-electron chi connectivity index (χ0n) is 15.0. The predicted molar refractivity (Wildman–Crippen MR) is 111 cm³/mol. The first-order chi connectivity index (χ1) is 13.7. The van der Waals surface area contributed by atoms with Crippen molar-refractivity contribution in [1.82, 2.24) is 0 Å². The van der Waals surface area contributed by atoms with Crippen LogP contribution in [0.5, 0.6) is 17.2 Å². The lowest BCUT2D eigenvalue weighted by Crippen LogP contribution is -2.34. The van der Waals surface area contributed by atoms with Crippen molar-refractivity contribution in [3.05, 3.63) is 108 Å². The fraction of sp³-hybridized carbons (Fsp3) is 0.0400. The molecule has 0 radical (unpaired) electrons. The van der Waals surface area contributed by atoms with Gasteiger partial charge in [0, 0.05) is 16.7 Å². The molecule has 4 aromatic carbocycles. The van der Waals surface area contributed by atoms with Crippen LogP contribution in [0.25, 0.3) is 16.8 Å². The monoisotopic (exact) mass is 366 g/mol. The predicted octanol–water partition coefficient (Wildman–Crippen LogP) is 5.60. The molecule has 136 valence electrons. The van der Waals surface area contributed by atoms with Gasteiger partial charge in [0.1, 0.15) is 17.2 Å². The van der Waals surface area contributed by atoms with Crippen LogP contribution in [0.1, 0.15) is 16.7 Å². The SMILES string of the molecule is Oc1ccc(C2(c3ccc(O)cc3)C=Cc3c(ccc4ccccc34)O2)cc1. The Balaban J connectivity index is 1.73. The molecule has 2 N–H and O–H groups in total. The van der Waals surface area contributed by atoms with Gasteiger partial charge in [-0.15, -0.1) is 0 Å². The van der Waals surface area contributed by atoms with Gasteiger partial charge in [-0.1, -0.05) is 54.6 Å². The molecule has 1 aliphatic rings. The van der Waals surface area contributed by atoms with Crippen LogP contribution in [0.15, 0.2) is 91.0 Å². The fourth-order valence-corrected chi connectivity index (χ4v) is 3.84. The minimum atomic E-state index is -0.850. The second-order valence-electron chi connectivity index (χ2n) is 6.96. The maximum atomic E-state index is 9.73. The molecular weight excluding hydrogens is 348 g/mol. The van der Waals surface area contributed by atoms with Gasteiger partial charge in [-0.2, -0.15) is 0 Å². The molecule has 3 heteroatoms. The van der Waals surface area contributed by atoms with E-state index in [4.69, 9.17) is 4.74 Å². The zero-order valence-corrected chi connectivity index (χ0v) is 15.0. The molecule has 0 atom stereocenters. The van der Waals surface area contributed by atoms with Crippen LogP contribution in [-0.4, -0.2) is 10.2 Å². The van der Waals surface area contributed by atoms with Gasteiger partial charge in [0.25, 0.3) is 0 Å². The zero-order chi connectivity index (χ0) is 19.1. The Morgan fingerprint density at radius 1 is 0.643 bits per heavy atom. The van der Waals surface area contributed by atoms with E-state index in [9.17, 15) is 10.2 Å². The average Bonchev–Trinajstić information content (AvgIpc) is 2.74. The largest absolute Gasteiger partial charge is 0.508 e. The number of aromatic hydroxyl groups is 2. The number of hydrogen-bond donors (Lipinski definition) is 2. The first-order valence-corrected chi connectivity index (χ1v) is 9.15. The molecule has 1 heterocycles. The van der Waals surface area contributed by atoms with Gasteiger partial charge in [0.2, 0.25) is 0 Å². The Morgan fingerprint density at radius 3 is 1.89 bits per heavy atom. The summed E-state index contributed by atoms with van der Waals surface area (Å²) in [6.45, 7) is 0. The number of benzene rings is 4. The third-order valence-corrected chi connectivity index (χ3v) is 5.28. The van der Waals surface area contributed by atoms with Crippen molar-refractivity contribution in [2.45, 2.75) is 5.60 Å². The first kappa shape index (κ1) is 16.5. The lowest BCUT2D eigenvalue weighted by molar-refractivity contribution is 0.161. The number of ether oxygens (including phenoxy) is 1. The van der Waals surface area contributed by atoms with Crippen molar-refractivity contribution in [3.8, 4) is 17.2 Å². The average molecular weight is 366 g/mol. The highest BCUT2D eigenvalue weighted by Gasteiger charge is 2.37. The third-order valence-electron chi connectivity index (χ3n) is 5.28. The summed E-state index contributed by atoms with van der Waals surface area (Å²) >= 11 is 0. The first-order valence-electron chi connectivity index (χ1n) is 9.15. The van der Waals surface area contributed by atoms with Gasteiger partial charge in [-0.3, -0.25) is 0 Å². The molecule has 28 heavy (non-hydrogen) atoms. The number of rotatable bonds is 2. The molecule has 0 aromatic heterocycles. The minimum Gasteiger partial charge on any atom is -0.508 e. The molecule has 0 unspecified atom stereocenters. The van der Waals surface area contributed by atoms with Crippen molar-refractivity contribution in [2.75, 3.05) is 0 Å². The summed E-state index contributed by atoms with van der Waals surface area (Å²) in [6.07, 6.45) is 4.14. The van der Waals surface area contributed by atoms with E-state index in [-0.39, 0.29) is 11.5 Å². The second-order valence-corrected chi connectivity index (χ2v) is 6.96. The molecule has 1 aliphatic heterocycles. The Bertz CT molecular complexity index is 1140. The van der Waals surface area contributed by atoms with Crippen molar-refractivity contribution in [3.63, 3.8) is 0 Å². The van der Waals surface area contributed by atoms with Crippen molar-refractivity contribution in [2.24, 2.45) is 0 Å². The number of fused-ring (bicyclic) bond motifs is 3. The topological polar surface area (TPSA) is 49.7 Å². The third kappa shape index (κ3) is 2.52. The molecule has 0 bridgehead atoms. The Labute approximate surface area is 162 Å². The van der Waals surface area contributed by atoms with Crippen molar-refractivity contribution >= 4 is 16.8 Å². The fourth-order valence-electron chi connectivity index (χ4n) is 3.84. The van der Waals surface area contributed by atoms with E-state index in [1.54, 1.807) is 24.3 Å². The summed E-state index contributed by atoms with van der Waals surface area (Å²) in [5.74, 6) is 1.20. The molecule has 3 nitrogen and oxygen atoms in total. The van der Waals surface area contributed by atoms with Crippen LogP contribution in [0, 0.1) is 0 Å². The molecular formula is C25H18O3. The minimum absolute atomic E-state index is 0.204. The molecule has 5 rings (SSSR count). The highest BCUT2D eigenvalue weighted by molar-refractivity contribution is 5.94. The quantitative estimate of drug-likeness (QED) is 0.485. The van der Waals surface area contributed by atoms with Crippen LogP contribution >= 0.6 is 0 Å².